The lowest BCUT2D eigenvalue weighted by atomic mass is 10.0. The number of hydrogen-bond acceptors (Lipinski definition) is 3. The molecule has 1 aromatic rings. The van der Waals surface area contributed by atoms with Gasteiger partial charge in [-0.3, -0.25) is 4.90 Å². The zero-order valence-electron chi connectivity index (χ0n) is 11.7. The summed E-state index contributed by atoms with van der Waals surface area (Å²) in [6.07, 6.45) is 0.951. The summed E-state index contributed by atoms with van der Waals surface area (Å²) in [5.74, 6) is 2.32. The molecule has 0 spiro atoms. The molecule has 2 nitrogen and oxygen atoms in total. The monoisotopic (exact) mass is 282 g/mol. The van der Waals surface area contributed by atoms with Crippen LogP contribution in [0.25, 0.3) is 0 Å². The molecule has 0 saturated carbocycles. The van der Waals surface area contributed by atoms with Gasteiger partial charge in [-0.05, 0) is 26.5 Å². The van der Waals surface area contributed by atoms with Gasteiger partial charge in [0.25, 0.3) is 0 Å². The molecule has 1 aliphatic rings. The molecule has 2 unspecified atom stereocenters. The fourth-order valence-electron chi connectivity index (χ4n) is 2.60. The molecule has 2 rings (SSSR count). The van der Waals surface area contributed by atoms with E-state index in [1.54, 1.807) is 12.1 Å². The Hall–Kier alpha value is -0.580. The lowest BCUT2D eigenvalue weighted by Gasteiger charge is -2.34. The number of benzene rings is 1. The summed E-state index contributed by atoms with van der Waals surface area (Å²) in [5.41, 5.74) is 0.782. The quantitative estimate of drug-likeness (QED) is 0.894. The van der Waals surface area contributed by atoms with E-state index in [2.05, 4.69) is 17.1 Å². The number of halogens is 1. The zero-order valence-corrected chi connectivity index (χ0v) is 12.5. The van der Waals surface area contributed by atoms with E-state index in [1.807, 2.05) is 30.9 Å². The van der Waals surface area contributed by atoms with Gasteiger partial charge >= 0.3 is 0 Å². The molecule has 19 heavy (non-hydrogen) atoms. The van der Waals surface area contributed by atoms with Gasteiger partial charge in [0.1, 0.15) is 5.82 Å². The van der Waals surface area contributed by atoms with Crippen LogP contribution in [-0.2, 0) is 0 Å². The van der Waals surface area contributed by atoms with Crippen molar-refractivity contribution >= 4 is 11.8 Å². The normalized spacial score (nSPS) is 22.4. The van der Waals surface area contributed by atoms with Gasteiger partial charge in [0, 0.05) is 42.2 Å². The molecule has 0 aliphatic carbocycles. The molecular weight excluding hydrogens is 259 g/mol. The van der Waals surface area contributed by atoms with Gasteiger partial charge in [0.2, 0.25) is 0 Å². The van der Waals surface area contributed by atoms with Crippen molar-refractivity contribution in [2.45, 2.75) is 25.4 Å². The molecule has 0 bridgehead atoms. The average molecular weight is 282 g/mol. The molecule has 1 aliphatic heterocycles. The second-order valence-electron chi connectivity index (χ2n) is 5.11. The summed E-state index contributed by atoms with van der Waals surface area (Å²) < 4.78 is 13.8. The van der Waals surface area contributed by atoms with Crippen molar-refractivity contribution in [2.75, 3.05) is 31.6 Å². The predicted octanol–water partition coefficient (Wildman–Crippen LogP) is 2.91. The van der Waals surface area contributed by atoms with E-state index in [9.17, 15) is 4.39 Å². The zero-order chi connectivity index (χ0) is 13.7. The summed E-state index contributed by atoms with van der Waals surface area (Å²) in [5, 5.41) is 3.24. The van der Waals surface area contributed by atoms with E-state index in [0.717, 1.165) is 25.1 Å². The van der Waals surface area contributed by atoms with Gasteiger partial charge in [-0.15, -0.1) is 0 Å². The van der Waals surface area contributed by atoms with Crippen molar-refractivity contribution in [3.05, 3.63) is 35.6 Å². The Morgan fingerprint density at radius 3 is 2.95 bits per heavy atom. The molecule has 1 aromatic carbocycles. The Balaban J connectivity index is 1.94. The minimum Gasteiger partial charge on any atom is -0.313 e. The maximum atomic E-state index is 13.8. The molecule has 0 amide bonds. The SMILES string of the molecule is CNC(CCN1CCSCC1C)c1ccccc1F. The molecule has 1 fully saturated rings. The van der Waals surface area contributed by atoms with E-state index < -0.39 is 0 Å². The van der Waals surface area contributed by atoms with Crippen molar-refractivity contribution in [3.8, 4) is 0 Å². The first-order valence-corrected chi connectivity index (χ1v) is 8.11. The molecule has 2 atom stereocenters. The van der Waals surface area contributed by atoms with Crippen LogP contribution in [0.15, 0.2) is 24.3 Å². The molecule has 106 valence electrons. The Labute approximate surface area is 119 Å². The molecule has 0 radical (unpaired) electrons. The third-order valence-electron chi connectivity index (χ3n) is 3.84. The van der Waals surface area contributed by atoms with Gasteiger partial charge in [-0.2, -0.15) is 11.8 Å². The summed E-state index contributed by atoms with van der Waals surface area (Å²) >= 11 is 2.03. The van der Waals surface area contributed by atoms with Crippen molar-refractivity contribution in [1.82, 2.24) is 10.2 Å². The van der Waals surface area contributed by atoms with E-state index in [0.29, 0.717) is 6.04 Å². The molecule has 0 aromatic heterocycles. The highest BCUT2D eigenvalue weighted by atomic mass is 32.2. The number of nitrogens with one attached hydrogen (secondary N) is 1. The van der Waals surface area contributed by atoms with Gasteiger partial charge in [0.05, 0.1) is 0 Å². The maximum Gasteiger partial charge on any atom is 0.127 e. The van der Waals surface area contributed by atoms with Crippen LogP contribution in [0, 0.1) is 5.82 Å². The number of nitrogens with zero attached hydrogens (tertiary/aromatic N) is 1. The van der Waals surface area contributed by atoms with Crippen molar-refractivity contribution in [2.24, 2.45) is 0 Å². The first kappa shape index (κ1) is 14.8. The summed E-state index contributed by atoms with van der Waals surface area (Å²) in [7, 11) is 1.91. The highest BCUT2D eigenvalue weighted by Crippen LogP contribution is 2.22. The van der Waals surface area contributed by atoms with E-state index in [-0.39, 0.29) is 11.9 Å². The smallest absolute Gasteiger partial charge is 0.127 e. The second kappa shape index (κ2) is 7.27. The molecular formula is C15H23FN2S. The molecule has 1 N–H and O–H groups in total. The topological polar surface area (TPSA) is 15.3 Å². The minimum absolute atomic E-state index is 0.1000. The fraction of sp³-hybridized carbons (Fsp3) is 0.600. The lowest BCUT2D eigenvalue weighted by molar-refractivity contribution is 0.220. The Morgan fingerprint density at radius 2 is 2.26 bits per heavy atom. The highest BCUT2D eigenvalue weighted by molar-refractivity contribution is 7.99. The Kier molecular flexibility index (Phi) is 5.67. The third-order valence-corrected chi connectivity index (χ3v) is 5.03. The van der Waals surface area contributed by atoms with E-state index in [1.165, 1.54) is 11.5 Å². The third kappa shape index (κ3) is 3.94. The van der Waals surface area contributed by atoms with Gasteiger partial charge in [-0.1, -0.05) is 18.2 Å². The van der Waals surface area contributed by atoms with Gasteiger partial charge in [-0.25, -0.2) is 4.39 Å². The summed E-state index contributed by atoms with van der Waals surface area (Å²) in [6.45, 7) is 4.46. The molecule has 4 heteroatoms. The Morgan fingerprint density at radius 1 is 1.47 bits per heavy atom. The largest absolute Gasteiger partial charge is 0.313 e. The van der Waals surface area contributed by atoms with Crippen LogP contribution in [-0.4, -0.2) is 42.6 Å². The predicted molar refractivity (Wildman–Crippen MR) is 81.2 cm³/mol. The first-order chi connectivity index (χ1) is 9.22. The van der Waals surface area contributed by atoms with Crippen LogP contribution in [0.4, 0.5) is 4.39 Å². The summed E-state index contributed by atoms with van der Waals surface area (Å²) in [4.78, 5) is 2.52. The first-order valence-electron chi connectivity index (χ1n) is 6.96. The Bertz CT molecular complexity index is 399. The average Bonchev–Trinajstić information content (AvgIpc) is 2.43. The molecule has 1 heterocycles. The van der Waals surface area contributed by atoms with Crippen LogP contribution >= 0.6 is 11.8 Å². The number of thioether (sulfide) groups is 1. The number of hydrogen-bond donors (Lipinski definition) is 1. The maximum absolute atomic E-state index is 13.8. The van der Waals surface area contributed by atoms with Crippen molar-refractivity contribution in [1.29, 1.82) is 0 Å². The van der Waals surface area contributed by atoms with Crippen molar-refractivity contribution in [3.63, 3.8) is 0 Å². The minimum atomic E-state index is -0.107. The summed E-state index contributed by atoms with van der Waals surface area (Å²) in [6, 6.07) is 7.81. The van der Waals surface area contributed by atoms with Gasteiger partial charge < -0.3 is 5.32 Å². The number of rotatable bonds is 5. The van der Waals surface area contributed by atoms with Crippen LogP contribution < -0.4 is 5.32 Å². The van der Waals surface area contributed by atoms with Crippen molar-refractivity contribution < 1.29 is 4.39 Å². The van der Waals surface area contributed by atoms with Crippen LogP contribution in [0.3, 0.4) is 0 Å². The van der Waals surface area contributed by atoms with Crippen LogP contribution in [0.5, 0.6) is 0 Å². The highest BCUT2D eigenvalue weighted by Gasteiger charge is 2.20. The second-order valence-corrected chi connectivity index (χ2v) is 6.26. The van der Waals surface area contributed by atoms with E-state index in [4.69, 9.17) is 0 Å². The van der Waals surface area contributed by atoms with Crippen LogP contribution in [0.1, 0.15) is 24.9 Å². The van der Waals surface area contributed by atoms with Crippen LogP contribution in [0.2, 0.25) is 0 Å². The molecule has 1 saturated heterocycles. The van der Waals surface area contributed by atoms with E-state index >= 15 is 0 Å². The lowest BCUT2D eigenvalue weighted by Crippen LogP contribution is -2.41. The fourth-order valence-corrected chi connectivity index (χ4v) is 3.68. The van der Waals surface area contributed by atoms with Gasteiger partial charge in [0.15, 0.2) is 0 Å². The standard InChI is InChI=1S/C15H23FN2S/c1-12-11-19-10-9-18(12)8-7-15(17-2)13-5-3-4-6-14(13)16/h3-6,12,15,17H,7-11H2,1-2H3.